The van der Waals surface area contributed by atoms with Crippen molar-refractivity contribution in [1.29, 1.82) is 0 Å². The molecule has 4 heterocycles. The van der Waals surface area contributed by atoms with Gasteiger partial charge in [0.1, 0.15) is 6.61 Å². The largest absolute Gasteiger partial charge is 1.00 e. The van der Waals surface area contributed by atoms with E-state index in [-0.39, 0.29) is 75.3 Å². The third-order valence-electron chi connectivity index (χ3n) is 8.50. The number of rotatable bonds is 10. The van der Waals surface area contributed by atoms with Gasteiger partial charge in [-0.05, 0) is 62.4 Å². The number of anilines is 1. The molecule has 6 rings (SSSR count). The number of aryl methyl sites for hydroxylation is 1. The third-order valence-corrected chi connectivity index (χ3v) is 8.50. The van der Waals surface area contributed by atoms with E-state index in [0.29, 0.717) is 36.4 Å². The molecule has 1 aromatic carbocycles. The first kappa shape index (κ1) is 36.4. The molecule has 1 saturated heterocycles. The predicted octanol–water partition coefficient (Wildman–Crippen LogP) is 6.08. The summed E-state index contributed by atoms with van der Waals surface area (Å²) in [5.41, 5.74) is 2.29. The van der Waals surface area contributed by atoms with Gasteiger partial charge in [-0.3, -0.25) is 19.7 Å². The zero-order valence-corrected chi connectivity index (χ0v) is 28.0. The molecule has 1 aliphatic heterocycles. The van der Waals surface area contributed by atoms with E-state index in [0.717, 1.165) is 49.2 Å². The van der Waals surface area contributed by atoms with Crippen molar-refractivity contribution in [3.63, 3.8) is 0 Å². The monoisotopic (exact) mass is 742 g/mol. The van der Waals surface area contributed by atoms with Gasteiger partial charge in [0.2, 0.25) is 0 Å². The van der Waals surface area contributed by atoms with Crippen molar-refractivity contribution in [3.05, 3.63) is 101 Å². The molecule has 1 radical (unpaired) electrons. The Hall–Kier alpha value is -3.41. The first-order valence-electron chi connectivity index (χ1n) is 15.1. The topological polar surface area (TPSA) is 83.7 Å². The summed E-state index contributed by atoms with van der Waals surface area (Å²) in [6, 6.07) is 7.88. The molecule has 47 heavy (non-hydrogen) atoms. The summed E-state index contributed by atoms with van der Waals surface area (Å²) < 4.78 is 62.8. The number of hydrogen-bond acceptors (Lipinski definition) is 7. The minimum absolute atomic E-state index is 0. The van der Waals surface area contributed by atoms with Gasteiger partial charge in [-0.15, -0.1) is 0 Å². The molecule has 8 nitrogen and oxygen atoms in total. The van der Waals surface area contributed by atoms with Gasteiger partial charge in [0.05, 0.1) is 29.6 Å². The summed E-state index contributed by atoms with van der Waals surface area (Å²) in [6.07, 6.45) is 4.80. The Morgan fingerprint density at radius 3 is 2.60 bits per heavy atom. The van der Waals surface area contributed by atoms with E-state index in [4.69, 9.17) is 9.84 Å². The van der Waals surface area contributed by atoms with Crippen LogP contribution in [-0.4, -0.2) is 56.9 Å². The molecule has 1 unspecified atom stereocenters. The van der Waals surface area contributed by atoms with Crippen molar-refractivity contribution in [2.75, 3.05) is 31.2 Å². The maximum Gasteiger partial charge on any atom is 1.00 e. The van der Waals surface area contributed by atoms with Crippen molar-refractivity contribution < 1.29 is 46.9 Å². The van der Waals surface area contributed by atoms with Crippen molar-refractivity contribution in [1.82, 2.24) is 19.4 Å². The zero-order valence-electron chi connectivity index (χ0n) is 26.3. The average molecular weight is 742 g/mol. The molecule has 0 spiro atoms. The first-order valence-corrected chi connectivity index (χ1v) is 15.1. The van der Waals surface area contributed by atoms with Gasteiger partial charge < -0.3 is 26.7 Å². The molecule has 2 aliphatic rings. The van der Waals surface area contributed by atoms with Gasteiger partial charge in [-0.1, -0.05) is 0 Å². The van der Waals surface area contributed by atoms with Crippen LogP contribution in [0.2, 0.25) is 0 Å². The number of piperidine rings is 1. The molecule has 0 bridgehead atoms. The van der Waals surface area contributed by atoms with Gasteiger partial charge in [-0.2, -0.15) is 13.2 Å². The normalized spacial score (nSPS) is 16.6. The second-order valence-corrected chi connectivity index (χ2v) is 11.9. The number of fused-ring (bicyclic) bond motifs is 1. The molecule has 3 aromatic heterocycles. The summed E-state index contributed by atoms with van der Waals surface area (Å²) >= 11 is 0. The molecule has 13 heteroatoms. The Balaban J connectivity index is 0.00000250. The molecular weight excluding hydrogens is 703 g/mol. The predicted molar refractivity (Wildman–Crippen MR) is 168 cm³/mol. The van der Waals surface area contributed by atoms with Gasteiger partial charge >= 0.3 is 25.7 Å². The summed E-state index contributed by atoms with van der Waals surface area (Å²) in [4.78, 5) is 26.2. The van der Waals surface area contributed by atoms with Gasteiger partial charge in [0.15, 0.2) is 17.0 Å². The number of pyridine rings is 3. The quantitative estimate of drug-likeness (QED) is 0.120. The first-order chi connectivity index (χ1) is 21.6. The van der Waals surface area contributed by atoms with E-state index in [1.54, 1.807) is 6.20 Å². The number of aliphatic hydroxyl groups is 1. The van der Waals surface area contributed by atoms with Gasteiger partial charge in [0.25, 0.3) is 0 Å². The van der Waals surface area contributed by atoms with Crippen molar-refractivity contribution in [3.8, 4) is 5.75 Å². The zero-order chi connectivity index (χ0) is 31.7. The van der Waals surface area contributed by atoms with Crippen LogP contribution in [0.25, 0.3) is 10.9 Å². The number of hydrogen-bond donors (Lipinski definition) is 1. The van der Waals surface area contributed by atoms with E-state index in [9.17, 15) is 18.0 Å². The van der Waals surface area contributed by atoms with E-state index < -0.39 is 17.6 Å². The smallest absolute Gasteiger partial charge is 0.488 e. The van der Waals surface area contributed by atoms with Crippen LogP contribution in [0.1, 0.15) is 54.1 Å². The van der Waals surface area contributed by atoms with Crippen LogP contribution < -0.4 is 15.1 Å². The summed E-state index contributed by atoms with van der Waals surface area (Å²) in [5.74, 6) is -0.687. The maximum atomic E-state index is 15.0. The van der Waals surface area contributed by atoms with Crippen LogP contribution in [-0.2, 0) is 38.7 Å². The Morgan fingerprint density at radius 1 is 1.11 bits per heavy atom. The number of halogens is 4. The fraction of sp³-hybridized carbons (Fsp3) is 0.412. The molecule has 1 atom stereocenters. The van der Waals surface area contributed by atoms with Crippen molar-refractivity contribution >= 4 is 16.6 Å². The second kappa shape index (κ2) is 15.2. The molecule has 0 amide bonds. The van der Waals surface area contributed by atoms with Gasteiger partial charge in [-0.25, -0.2) is 4.39 Å². The molecule has 4 aromatic rings. The van der Waals surface area contributed by atoms with Crippen LogP contribution in [0.15, 0.2) is 59.9 Å². The van der Waals surface area contributed by atoms with E-state index >= 15 is 4.39 Å². The number of benzene rings is 1. The summed E-state index contributed by atoms with van der Waals surface area (Å²) in [5, 5.41) is 9.40. The van der Waals surface area contributed by atoms with Crippen molar-refractivity contribution in [2.24, 2.45) is 0 Å². The molecule has 2 fully saturated rings. The molecule has 1 N–H and O–H groups in total. The second-order valence-electron chi connectivity index (χ2n) is 11.9. The molecular formula is C34H38F4N5O3Ru. The Bertz CT molecular complexity index is 1750. The van der Waals surface area contributed by atoms with Crippen molar-refractivity contribution in [2.45, 2.75) is 64.0 Å². The van der Waals surface area contributed by atoms with Gasteiger partial charge in [0, 0.05) is 79.6 Å². The number of aliphatic hydroxyl groups excluding tert-OH is 1. The Morgan fingerprint density at radius 2 is 1.89 bits per heavy atom. The van der Waals surface area contributed by atoms with Crippen LogP contribution >= 0.6 is 0 Å². The standard InChI is InChI=1S/C33H35F4N5O3.CH3.Ru/c1-21-11-22(6-7-39-21)17-41(26-3-2-8-40(20-26)27-12-24(15-38-16-27)33(35,36)37)18-23-19-42(25-4-5-25)30-14-31(45-10-9-43)29(34)13-28(30)32(23)44;;/h6-7,11-16,19,25-26,43H,2-5,8-10,17-18,20H2,1H3;1H3;/q;-1;+1. The average Bonchev–Trinajstić information content (AvgIpc) is 3.87. The van der Waals surface area contributed by atoms with E-state index in [2.05, 4.69) is 14.9 Å². The fourth-order valence-electron chi connectivity index (χ4n) is 6.15. The maximum absolute atomic E-state index is 15.0. The minimum atomic E-state index is -4.49. The van der Waals surface area contributed by atoms with E-state index in [1.807, 2.05) is 34.7 Å². The minimum Gasteiger partial charge on any atom is -0.488 e. The van der Waals surface area contributed by atoms with Crippen LogP contribution in [0, 0.1) is 20.2 Å². The molecule has 1 saturated carbocycles. The molecule has 253 valence electrons. The van der Waals surface area contributed by atoms with Crippen LogP contribution in [0.4, 0.5) is 23.2 Å². The number of alkyl halides is 3. The summed E-state index contributed by atoms with van der Waals surface area (Å²) in [6.45, 7) is 3.39. The van der Waals surface area contributed by atoms with Crippen LogP contribution in [0.3, 0.4) is 0 Å². The Labute approximate surface area is 284 Å². The fourth-order valence-corrected chi connectivity index (χ4v) is 6.15. The number of ether oxygens (including phenoxy) is 1. The number of nitrogens with zero attached hydrogens (tertiary/aromatic N) is 5. The van der Waals surface area contributed by atoms with E-state index in [1.165, 1.54) is 18.3 Å². The number of aromatic nitrogens is 3. The molecule has 1 aliphatic carbocycles. The summed E-state index contributed by atoms with van der Waals surface area (Å²) in [7, 11) is 0. The Kier molecular flexibility index (Phi) is 11.8. The SMILES string of the molecule is Cc1cc(CN(Cc2cn(C3CC3)c3cc(OCCO)c(F)cc3c2=O)C2CCCN(c3cncc(C(F)(F)F)c3)C2)ccn1.[CH3-].[Ru+]. The third kappa shape index (κ3) is 8.37. The van der Waals surface area contributed by atoms with Crippen LogP contribution in [0.5, 0.6) is 5.75 Å².